The molecule has 2 aromatic heterocycles. The molecule has 0 unspecified atom stereocenters. The van der Waals surface area contributed by atoms with Crippen LogP contribution in [0.15, 0.2) is 67.8 Å². The van der Waals surface area contributed by atoms with Gasteiger partial charge >= 0.3 is 0 Å². The highest BCUT2D eigenvalue weighted by Gasteiger charge is 2.18. The molecule has 4 N–H and O–H groups in total. The van der Waals surface area contributed by atoms with E-state index in [-0.39, 0.29) is 11.5 Å². The first kappa shape index (κ1) is 21.9. The molecule has 2 aromatic carbocycles. The van der Waals surface area contributed by atoms with Gasteiger partial charge in [-0.15, -0.1) is 0 Å². The average Bonchev–Trinajstić information content (AvgIpc) is 3.15. The molecule has 6 nitrogen and oxygen atoms in total. The van der Waals surface area contributed by atoms with E-state index in [9.17, 15) is 10.2 Å². The van der Waals surface area contributed by atoms with Crippen LogP contribution in [0.2, 0.25) is 0 Å². The van der Waals surface area contributed by atoms with Crippen molar-refractivity contribution >= 4 is 27.8 Å². The molecule has 0 aliphatic heterocycles. The number of allylic oxidation sites excluding steroid dienone is 2. The molecule has 0 radical (unpaired) electrons. The quantitative estimate of drug-likeness (QED) is 0.292. The van der Waals surface area contributed by atoms with Crippen molar-refractivity contribution < 1.29 is 10.2 Å². The lowest BCUT2D eigenvalue weighted by atomic mass is 10.1. The zero-order chi connectivity index (χ0) is 22.4. The molecule has 4 rings (SSSR count). The number of unbranched alkanes of at least 4 members (excludes halogenated alkanes) is 1. The maximum atomic E-state index is 10.3. The van der Waals surface area contributed by atoms with Crippen molar-refractivity contribution in [2.75, 3.05) is 5.73 Å². The first-order valence-electron chi connectivity index (χ1n) is 10.3. The van der Waals surface area contributed by atoms with E-state index in [4.69, 9.17) is 10.7 Å². The number of aromatic hydroxyl groups is 2. The Kier molecular flexibility index (Phi) is 6.92. The van der Waals surface area contributed by atoms with E-state index in [0.29, 0.717) is 23.4 Å². The smallest absolute Gasteiger partial charge is 0.162 e. The van der Waals surface area contributed by atoms with Crippen LogP contribution < -0.4 is 5.73 Å². The normalized spacial score (nSPS) is 10.6. The van der Waals surface area contributed by atoms with Crippen LogP contribution in [0.1, 0.15) is 31.2 Å². The zero-order valence-corrected chi connectivity index (χ0v) is 17.8. The summed E-state index contributed by atoms with van der Waals surface area (Å²) in [4.78, 5) is 9.27. The molecule has 4 aromatic rings. The van der Waals surface area contributed by atoms with Gasteiger partial charge in [0, 0.05) is 17.4 Å². The molecular formula is C25H28N4O2. The monoisotopic (exact) mass is 416 g/mol. The molecule has 160 valence electrons. The second-order valence-electron chi connectivity index (χ2n) is 7.19. The molecule has 6 heteroatoms. The van der Waals surface area contributed by atoms with E-state index in [1.54, 1.807) is 24.3 Å². The maximum absolute atomic E-state index is 10.3. The number of rotatable bonds is 6. The molecule has 0 aliphatic carbocycles. The van der Waals surface area contributed by atoms with Crippen molar-refractivity contribution in [3.63, 3.8) is 0 Å². The summed E-state index contributed by atoms with van der Waals surface area (Å²) < 4.78 is 2.08. The molecule has 0 saturated carbocycles. The van der Waals surface area contributed by atoms with Gasteiger partial charge in [0.2, 0.25) is 0 Å². The summed E-state index contributed by atoms with van der Waals surface area (Å²) in [6.07, 6.45) is 6.13. The Morgan fingerprint density at radius 2 is 1.77 bits per heavy atom. The van der Waals surface area contributed by atoms with Crippen LogP contribution in [-0.2, 0) is 13.0 Å². The lowest BCUT2D eigenvalue weighted by Crippen LogP contribution is -2.06. The van der Waals surface area contributed by atoms with E-state index in [2.05, 4.69) is 29.6 Å². The van der Waals surface area contributed by atoms with Crippen molar-refractivity contribution in [1.82, 2.24) is 14.5 Å². The van der Waals surface area contributed by atoms with Crippen LogP contribution in [0.5, 0.6) is 11.5 Å². The number of fused-ring (bicyclic) bond motifs is 3. The summed E-state index contributed by atoms with van der Waals surface area (Å²) in [6.45, 7) is 9.25. The van der Waals surface area contributed by atoms with Crippen LogP contribution in [0.4, 0.5) is 5.82 Å². The lowest BCUT2D eigenvalue weighted by Gasteiger charge is -2.12. The summed E-state index contributed by atoms with van der Waals surface area (Å²) in [6, 6.07) is 12.8. The summed E-state index contributed by atoms with van der Waals surface area (Å²) >= 11 is 0. The lowest BCUT2D eigenvalue weighted by molar-refractivity contribution is 0.398. The molecular weight excluding hydrogens is 388 g/mol. The van der Waals surface area contributed by atoms with Crippen molar-refractivity contribution in [3.8, 4) is 11.5 Å². The minimum Gasteiger partial charge on any atom is -0.504 e. The number of para-hydroxylation sites is 2. The van der Waals surface area contributed by atoms with Gasteiger partial charge in [0.15, 0.2) is 17.3 Å². The first-order chi connectivity index (χ1) is 15.0. The van der Waals surface area contributed by atoms with Crippen molar-refractivity contribution in [2.24, 2.45) is 0 Å². The van der Waals surface area contributed by atoms with E-state index in [1.165, 1.54) is 6.07 Å². The Hall–Kier alpha value is -3.80. The molecule has 0 saturated heterocycles. The third-order valence-electron chi connectivity index (χ3n) is 5.04. The Bertz CT molecular complexity index is 1220. The summed E-state index contributed by atoms with van der Waals surface area (Å²) in [5.74, 6) is 1.07. The Morgan fingerprint density at radius 3 is 2.48 bits per heavy atom. The fraction of sp³-hybridized carbons (Fsp3) is 0.200. The maximum Gasteiger partial charge on any atom is 0.162 e. The number of nitrogens with two attached hydrogens (primary N) is 1. The van der Waals surface area contributed by atoms with Crippen LogP contribution >= 0.6 is 0 Å². The van der Waals surface area contributed by atoms with Crippen LogP contribution in [0, 0.1) is 0 Å². The first-order valence-corrected chi connectivity index (χ1v) is 10.3. The molecule has 2 heterocycles. The average molecular weight is 417 g/mol. The number of nitrogen functional groups attached to an aromatic ring is 1. The highest BCUT2D eigenvalue weighted by Crippen LogP contribution is 2.33. The minimum atomic E-state index is -0.127. The van der Waals surface area contributed by atoms with Gasteiger partial charge in [-0.1, -0.05) is 69.0 Å². The predicted molar refractivity (Wildman–Crippen MR) is 127 cm³/mol. The fourth-order valence-electron chi connectivity index (χ4n) is 3.48. The SMILES string of the molecule is C=CC=C.CCCCc1nc2c(N)nc3ccccc3c2n1Cc1cccc(O)c1O. The van der Waals surface area contributed by atoms with Gasteiger partial charge in [-0.05, 0) is 18.6 Å². The number of hydrogen-bond acceptors (Lipinski definition) is 5. The summed E-state index contributed by atoms with van der Waals surface area (Å²) in [7, 11) is 0. The third-order valence-corrected chi connectivity index (χ3v) is 5.04. The number of nitrogens with zero attached hydrogens (tertiary/aromatic N) is 3. The van der Waals surface area contributed by atoms with E-state index < -0.39 is 0 Å². The van der Waals surface area contributed by atoms with Crippen LogP contribution in [-0.4, -0.2) is 24.7 Å². The van der Waals surface area contributed by atoms with Gasteiger partial charge in [-0.2, -0.15) is 0 Å². The molecule has 31 heavy (non-hydrogen) atoms. The number of phenolic OH excluding ortho intramolecular Hbond substituents is 2. The van der Waals surface area contributed by atoms with Gasteiger partial charge < -0.3 is 20.5 Å². The second kappa shape index (κ2) is 9.80. The molecule has 0 spiro atoms. The Morgan fingerprint density at radius 1 is 1.03 bits per heavy atom. The number of aryl methyl sites for hydroxylation is 1. The van der Waals surface area contributed by atoms with Crippen molar-refractivity contribution in [3.05, 3.63) is 79.2 Å². The molecule has 0 fully saturated rings. The largest absolute Gasteiger partial charge is 0.504 e. The second-order valence-corrected chi connectivity index (χ2v) is 7.19. The molecule has 0 amide bonds. The predicted octanol–water partition coefficient (Wildman–Crippen LogP) is 5.33. The number of anilines is 1. The van der Waals surface area contributed by atoms with Crippen molar-refractivity contribution in [2.45, 2.75) is 32.7 Å². The number of aromatic nitrogens is 3. The zero-order valence-electron chi connectivity index (χ0n) is 17.8. The number of hydrogen-bond donors (Lipinski definition) is 3. The molecule has 0 bridgehead atoms. The van der Waals surface area contributed by atoms with E-state index in [1.807, 2.05) is 24.3 Å². The Labute approximate surface area is 182 Å². The summed E-state index contributed by atoms with van der Waals surface area (Å²) in [5.41, 5.74) is 9.24. The molecule has 0 atom stereocenters. The van der Waals surface area contributed by atoms with E-state index in [0.717, 1.165) is 41.5 Å². The minimum absolute atomic E-state index is 0.105. The number of benzene rings is 2. The van der Waals surface area contributed by atoms with Gasteiger partial charge in [0.1, 0.15) is 11.3 Å². The van der Waals surface area contributed by atoms with E-state index >= 15 is 0 Å². The standard InChI is InChI=1S/C21H22N4O2.C4H6/c1-2-3-11-17-24-18-19(14-8-4-5-9-15(14)23-21(18)22)25(17)12-13-7-6-10-16(26)20(13)27;1-3-4-2/h4-10,26-27H,2-3,11-12H2,1H3,(H2,22,23);3-4H,1-2H2. The van der Waals surface area contributed by atoms with Gasteiger partial charge in [0.05, 0.1) is 17.6 Å². The number of imidazole rings is 1. The van der Waals surface area contributed by atoms with Gasteiger partial charge in [-0.25, -0.2) is 9.97 Å². The van der Waals surface area contributed by atoms with Gasteiger partial charge in [-0.3, -0.25) is 0 Å². The van der Waals surface area contributed by atoms with Crippen molar-refractivity contribution in [1.29, 1.82) is 0 Å². The fourth-order valence-corrected chi connectivity index (χ4v) is 3.48. The van der Waals surface area contributed by atoms with Gasteiger partial charge in [0.25, 0.3) is 0 Å². The number of phenols is 2. The summed E-state index contributed by atoms with van der Waals surface area (Å²) in [5, 5.41) is 21.1. The highest BCUT2D eigenvalue weighted by molar-refractivity contribution is 6.06. The van der Waals surface area contributed by atoms with Crippen LogP contribution in [0.25, 0.3) is 21.9 Å². The third kappa shape index (κ3) is 4.53. The Balaban J connectivity index is 0.000000628. The van der Waals surface area contributed by atoms with Crippen LogP contribution in [0.3, 0.4) is 0 Å². The number of pyridine rings is 1. The topological polar surface area (TPSA) is 97.2 Å². The molecule has 0 aliphatic rings. The highest BCUT2D eigenvalue weighted by atomic mass is 16.3.